The number of hydrogen-bond acceptors (Lipinski definition) is 6. The number of carbonyl (C=O) groups excluding carboxylic acids is 2. The summed E-state index contributed by atoms with van der Waals surface area (Å²) in [5.74, 6) is -0.732. The normalized spacial score (nSPS) is 12.0. The molecule has 1 rings (SSSR count). The van der Waals surface area contributed by atoms with Crippen LogP contribution in [-0.4, -0.2) is 35.6 Å². The summed E-state index contributed by atoms with van der Waals surface area (Å²) in [4.78, 5) is 33.5. The van der Waals surface area contributed by atoms with Crippen molar-refractivity contribution in [3.63, 3.8) is 0 Å². The molecule has 2 amide bonds. The standard InChI is InChI=1S/C18H26N4O5/c1-11(12(2)10-21-17(24)27-18(3,4)5)9-20-14-7-6-13(16(19)23)8-15(14)22(25)26/h6-8,20H,9-10H2,1-5H3,(H2,19,23)(H,21,24)/b12-11+. The molecule has 0 heterocycles. The van der Waals surface area contributed by atoms with Gasteiger partial charge in [-0.25, -0.2) is 4.79 Å². The second-order valence-electron chi connectivity index (χ2n) is 7.12. The molecule has 0 saturated heterocycles. The van der Waals surface area contributed by atoms with E-state index >= 15 is 0 Å². The highest BCUT2D eigenvalue weighted by molar-refractivity contribution is 5.94. The van der Waals surface area contributed by atoms with Crippen LogP contribution >= 0.6 is 0 Å². The number of nitrogens with two attached hydrogens (primary N) is 1. The van der Waals surface area contributed by atoms with Crippen LogP contribution in [0.4, 0.5) is 16.2 Å². The highest BCUT2D eigenvalue weighted by Gasteiger charge is 2.17. The minimum Gasteiger partial charge on any atom is -0.444 e. The lowest BCUT2D eigenvalue weighted by atomic mass is 10.1. The molecular formula is C18H26N4O5. The fourth-order valence-electron chi connectivity index (χ4n) is 2.03. The van der Waals surface area contributed by atoms with Crippen LogP contribution in [0.25, 0.3) is 0 Å². The quantitative estimate of drug-likeness (QED) is 0.379. The van der Waals surface area contributed by atoms with Crippen molar-refractivity contribution in [1.29, 1.82) is 0 Å². The lowest BCUT2D eigenvalue weighted by Crippen LogP contribution is -2.33. The minimum absolute atomic E-state index is 0.0669. The van der Waals surface area contributed by atoms with Gasteiger partial charge in [0.25, 0.3) is 5.69 Å². The lowest BCUT2D eigenvalue weighted by molar-refractivity contribution is -0.384. The van der Waals surface area contributed by atoms with Crippen LogP contribution < -0.4 is 16.4 Å². The largest absolute Gasteiger partial charge is 0.444 e. The van der Waals surface area contributed by atoms with E-state index in [0.717, 1.165) is 17.2 Å². The van der Waals surface area contributed by atoms with Crippen LogP contribution in [0, 0.1) is 10.1 Å². The Balaban J connectivity index is 2.76. The van der Waals surface area contributed by atoms with Gasteiger partial charge in [0.1, 0.15) is 11.3 Å². The topological polar surface area (TPSA) is 137 Å². The van der Waals surface area contributed by atoms with Gasteiger partial charge in [0, 0.05) is 24.7 Å². The van der Waals surface area contributed by atoms with Crippen LogP contribution in [0.1, 0.15) is 45.0 Å². The number of hydrogen-bond donors (Lipinski definition) is 3. The molecule has 0 spiro atoms. The molecule has 0 fully saturated rings. The molecule has 0 saturated carbocycles. The molecule has 0 aliphatic rings. The van der Waals surface area contributed by atoms with E-state index in [0.29, 0.717) is 13.1 Å². The van der Waals surface area contributed by atoms with Crippen LogP contribution in [0.3, 0.4) is 0 Å². The number of nitro benzene ring substituents is 1. The van der Waals surface area contributed by atoms with E-state index in [4.69, 9.17) is 10.5 Å². The average molecular weight is 378 g/mol. The van der Waals surface area contributed by atoms with Crippen molar-refractivity contribution in [3.05, 3.63) is 45.0 Å². The van der Waals surface area contributed by atoms with E-state index in [1.807, 2.05) is 13.8 Å². The highest BCUT2D eigenvalue weighted by Crippen LogP contribution is 2.25. The number of anilines is 1. The molecule has 0 bridgehead atoms. The van der Waals surface area contributed by atoms with Gasteiger partial charge in [0.05, 0.1) is 4.92 Å². The molecule has 1 aromatic rings. The van der Waals surface area contributed by atoms with Crippen molar-refractivity contribution in [2.24, 2.45) is 5.73 Å². The van der Waals surface area contributed by atoms with E-state index in [1.54, 1.807) is 20.8 Å². The summed E-state index contributed by atoms with van der Waals surface area (Å²) in [5, 5.41) is 16.8. The molecule has 0 aliphatic heterocycles. The van der Waals surface area contributed by atoms with Crippen molar-refractivity contribution in [2.75, 3.05) is 18.4 Å². The monoisotopic (exact) mass is 378 g/mol. The van der Waals surface area contributed by atoms with E-state index in [1.165, 1.54) is 12.1 Å². The third-order valence-electron chi connectivity index (χ3n) is 3.65. The van der Waals surface area contributed by atoms with E-state index in [-0.39, 0.29) is 16.9 Å². The Kier molecular flexibility index (Phi) is 7.33. The Hall–Kier alpha value is -3.10. The number of nitrogens with one attached hydrogen (secondary N) is 2. The number of alkyl carbamates (subject to hydrolysis) is 1. The Morgan fingerprint density at radius 1 is 1.19 bits per heavy atom. The van der Waals surface area contributed by atoms with Gasteiger partial charge in [0.15, 0.2) is 0 Å². The fraction of sp³-hybridized carbons (Fsp3) is 0.444. The average Bonchev–Trinajstić information content (AvgIpc) is 2.55. The first-order valence-corrected chi connectivity index (χ1v) is 8.35. The smallest absolute Gasteiger partial charge is 0.407 e. The minimum atomic E-state index is -0.732. The summed E-state index contributed by atoms with van der Waals surface area (Å²) >= 11 is 0. The van der Waals surface area contributed by atoms with E-state index in [2.05, 4.69) is 10.6 Å². The lowest BCUT2D eigenvalue weighted by Gasteiger charge is -2.20. The molecule has 0 unspecified atom stereocenters. The van der Waals surface area contributed by atoms with Gasteiger partial charge < -0.3 is 21.1 Å². The molecule has 27 heavy (non-hydrogen) atoms. The first-order chi connectivity index (χ1) is 12.4. The van der Waals surface area contributed by atoms with Crippen molar-refractivity contribution >= 4 is 23.4 Å². The molecule has 148 valence electrons. The predicted octanol–water partition coefficient (Wildman–Crippen LogP) is 2.97. The SMILES string of the molecule is C/C(CNC(=O)OC(C)(C)C)=C(/C)CNc1ccc(C(N)=O)cc1[N+](=O)[O-]. The zero-order chi connectivity index (χ0) is 20.8. The van der Waals surface area contributed by atoms with Gasteiger partial charge in [0.2, 0.25) is 5.91 Å². The van der Waals surface area contributed by atoms with Crippen molar-refractivity contribution < 1.29 is 19.2 Å². The van der Waals surface area contributed by atoms with Gasteiger partial charge >= 0.3 is 6.09 Å². The maximum atomic E-state index is 11.7. The maximum absolute atomic E-state index is 11.7. The van der Waals surface area contributed by atoms with Crippen LogP contribution in [0.5, 0.6) is 0 Å². The highest BCUT2D eigenvalue weighted by atomic mass is 16.6. The number of nitro groups is 1. The number of ether oxygens (including phenoxy) is 1. The van der Waals surface area contributed by atoms with Crippen LogP contribution in [0.15, 0.2) is 29.3 Å². The Labute approximate surface area is 158 Å². The molecule has 9 nitrogen and oxygen atoms in total. The van der Waals surface area contributed by atoms with Crippen molar-refractivity contribution in [3.8, 4) is 0 Å². The van der Waals surface area contributed by atoms with Crippen molar-refractivity contribution in [1.82, 2.24) is 5.32 Å². The number of carbonyl (C=O) groups is 2. The summed E-state index contributed by atoms with van der Waals surface area (Å²) in [7, 11) is 0. The predicted molar refractivity (Wildman–Crippen MR) is 103 cm³/mol. The molecular weight excluding hydrogens is 352 g/mol. The summed E-state index contributed by atoms with van der Waals surface area (Å²) in [5.41, 5.74) is 6.49. The first kappa shape index (κ1) is 21.9. The molecule has 0 radical (unpaired) electrons. The Morgan fingerprint density at radius 2 is 1.78 bits per heavy atom. The number of nitrogens with zero attached hydrogens (tertiary/aromatic N) is 1. The van der Waals surface area contributed by atoms with E-state index < -0.39 is 22.5 Å². The van der Waals surface area contributed by atoms with Crippen LogP contribution in [-0.2, 0) is 4.74 Å². The van der Waals surface area contributed by atoms with Gasteiger partial charge in [-0.15, -0.1) is 0 Å². The summed E-state index contributed by atoms with van der Waals surface area (Å²) in [6.07, 6.45) is -0.514. The van der Waals surface area contributed by atoms with Gasteiger partial charge in [-0.1, -0.05) is 11.1 Å². The summed E-state index contributed by atoms with van der Waals surface area (Å²) in [6.45, 7) is 9.66. The van der Waals surface area contributed by atoms with Gasteiger partial charge in [-0.3, -0.25) is 14.9 Å². The maximum Gasteiger partial charge on any atom is 0.407 e. The summed E-state index contributed by atoms with van der Waals surface area (Å²) in [6, 6.07) is 4.01. The third-order valence-corrected chi connectivity index (χ3v) is 3.65. The van der Waals surface area contributed by atoms with Gasteiger partial charge in [-0.05, 0) is 46.8 Å². The second-order valence-corrected chi connectivity index (χ2v) is 7.12. The fourth-order valence-corrected chi connectivity index (χ4v) is 2.03. The molecule has 0 atom stereocenters. The first-order valence-electron chi connectivity index (χ1n) is 8.35. The Morgan fingerprint density at radius 3 is 2.30 bits per heavy atom. The number of amides is 2. The molecule has 4 N–H and O–H groups in total. The zero-order valence-electron chi connectivity index (χ0n) is 16.2. The van der Waals surface area contributed by atoms with Gasteiger partial charge in [-0.2, -0.15) is 0 Å². The number of rotatable bonds is 7. The number of primary amides is 1. The number of benzene rings is 1. The third kappa shape index (κ3) is 7.35. The summed E-state index contributed by atoms with van der Waals surface area (Å²) < 4.78 is 5.17. The van der Waals surface area contributed by atoms with Crippen LogP contribution in [0.2, 0.25) is 0 Å². The second kappa shape index (κ2) is 9.02. The van der Waals surface area contributed by atoms with Crippen molar-refractivity contribution in [2.45, 2.75) is 40.2 Å². The molecule has 0 aliphatic carbocycles. The molecule has 9 heteroatoms. The Bertz CT molecular complexity index is 766. The molecule has 1 aromatic carbocycles. The van der Waals surface area contributed by atoms with E-state index in [9.17, 15) is 19.7 Å². The zero-order valence-corrected chi connectivity index (χ0v) is 16.2. The molecule has 0 aromatic heterocycles.